The number of hydrogen-bond donors (Lipinski definition) is 3. The predicted molar refractivity (Wildman–Crippen MR) is 86.0 cm³/mol. The Labute approximate surface area is 123 Å². The van der Waals surface area contributed by atoms with Crippen molar-refractivity contribution >= 4 is 22.3 Å². The fourth-order valence-corrected chi connectivity index (χ4v) is 2.40. The average molecular weight is 279 g/mol. The van der Waals surface area contributed by atoms with E-state index in [2.05, 4.69) is 10.3 Å². The zero-order chi connectivity index (χ0) is 14.7. The summed E-state index contributed by atoms with van der Waals surface area (Å²) >= 11 is 0. The Hall–Kier alpha value is -2.59. The Bertz CT molecular complexity index is 743. The lowest BCUT2D eigenvalue weighted by Gasteiger charge is -2.19. The smallest absolute Gasteiger partial charge is 0.0745 e. The van der Waals surface area contributed by atoms with E-state index in [1.165, 1.54) is 0 Å². The third-order valence-corrected chi connectivity index (χ3v) is 3.48. The van der Waals surface area contributed by atoms with Gasteiger partial charge in [0.2, 0.25) is 0 Å². The molecule has 0 aliphatic heterocycles. The van der Waals surface area contributed by atoms with Gasteiger partial charge in [-0.15, -0.1) is 0 Å². The molecule has 3 rings (SSSR count). The van der Waals surface area contributed by atoms with Crippen molar-refractivity contribution in [3.8, 4) is 0 Å². The molecule has 21 heavy (non-hydrogen) atoms. The molecule has 1 unspecified atom stereocenters. The summed E-state index contributed by atoms with van der Waals surface area (Å²) in [5, 5.41) is 14.0. The van der Waals surface area contributed by atoms with Crippen LogP contribution in [0.1, 0.15) is 11.6 Å². The minimum atomic E-state index is -0.158. The number of pyridine rings is 1. The number of fused-ring (bicyclic) bond motifs is 1. The van der Waals surface area contributed by atoms with Gasteiger partial charge >= 0.3 is 0 Å². The van der Waals surface area contributed by atoms with Crippen molar-refractivity contribution in [1.82, 2.24) is 4.98 Å². The van der Waals surface area contributed by atoms with E-state index >= 15 is 0 Å². The lowest BCUT2D eigenvalue weighted by molar-refractivity contribution is 0.276. The van der Waals surface area contributed by atoms with Crippen molar-refractivity contribution < 1.29 is 5.11 Å². The van der Waals surface area contributed by atoms with Gasteiger partial charge in [-0.2, -0.15) is 0 Å². The van der Waals surface area contributed by atoms with Crippen LogP contribution in [0.25, 0.3) is 10.9 Å². The lowest BCUT2D eigenvalue weighted by Crippen LogP contribution is -2.15. The summed E-state index contributed by atoms with van der Waals surface area (Å²) in [5.74, 6) is 0. The Morgan fingerprint density at radius 1 is 1.10 bits per heavy atom. The molecule has 4 heteroatoms. The molecule has 1 atom stereocenters. The van der Waals surface area contributed by atoms with Crippen LogP contribution in [-0.2, 0) is 0 Å². The normalized spacial score (nSPS) is 12.2. The molecule has 0 aliphatic carbocycles. The van der Waals surface area contributed by atoms with Gasteiger partial charge < -0.3 is 16.2 Å². The van der Waals surface area contributed by atoms with Crippen LogP contribution in [0.3, 0.4) is 0 Å². The number of nitrogens with two attached hydrogens (primary N) is 1. The van der Waals surface area contributed by atoms with Gasteiger partial charge in [0.15, 0.2) is 0 Å². The molecule has 2 aromatic carbocycles. The summed E-state index contributed by atoms with van der Waals surface area (Å²) in [6.45, 7) is 0.0167. The second kappa shape index (κ2) is 5.81. The van der Waals surface area contributed by atoms with Crippen molar-refractivity contribution in [3.63, 3.8) is 0 Å². The van der Waals surface area contributed by atoms with Crippen molar-refractivity contribution in [3.05, 3.63) is 66.4 Å². The maximum Gasteiger partial charge on any atom is 0.0745 e. The molecule has 4 nitrogen and oxygen atoms in total. The second-order valence-corrected chi connectivity index (χ2v) is 4.93. The SMILES string of the molecule is Nc1ccc2c(NC(CO)c3ccccc3)ccnc2c1. The molecule has 0 saturated carbocycles. The van der Waals surface area contributed by atoms with Crippen molar-refractivity contribution in [2.45, 2.75) is 6.04 Å². The second-order valence-electron chi connectivity index (χ2n) is 4.93. The molecular formula is C17H17N3O. The van der Waals surface area contributed by atoms with E-state index in [9.17, 15) is 5.11 Å². The molecule has 4 N–H and O–H groups in total. The van der Waals surface area contributed by atoms with Gasteiger partial charge in [-0.1, -0.05) is 30.3 Å². The quantitative estimate of drug-likeness (QED) is 0.642. The maximum atomic E-state index is 9.66. The highest BCUT2D eigenvalue weighted by Crippen LogP contribution is 2.27. The van der Waals surface area contributed by atoms with Crippen molar-refractivity contribution in [1.29, 1.82) is 0 Å². The van der Waals surface area contributed by atoms with E-state index in [-0.39, 0.29) is 12.6 Å². The summed E-state index contributed by atoms with van der Waals surface area (Å²) in [5.41, 5.74) is 9.29. The molecule has 3 aromatic rings. The number of rotatable bonds is 4. The molecule has 0 radical (unpaired) electrons. The van der Waals surface area contributed by atoms with E-state index < -0.39 is 0 Å². The highest BCUT2D eigenvalue weighted by molar-refractivity contribution is 5.92. The minimum absolute atomic E-state index is 0.0167. The number of nitrogens with zero attached hydrogens (tertiary/aromatic N) is 1. The van der Waals surface area contributed by atoms with E-state index in [1.54, 1.807) is 6.20 Å². The Balaban J connectivity index is 1.97. The van der Waals surface area contributed by atoms with Crippen LogP contribution in [-0.4, -0.2) is 16.7 Å². The number of hydrogen-bond acceptors (Lipinski definition) is 4. The summed E-state index contributed by atoms with van der Waals surface area (Å²) in [6.07, 6.45) is 1.74. The molecule has 0 amide bonds. The molecular weight excluding hydrogens is 262 g/mol. The fourth-order valence-electron chi connectivity index (χ4n) is 2.40. The number of anilines is 2. The van der Waals surface area contributed by atoms with Crippen LogP contribution in [0.15, 0.2) is 60.8 Å². The predicted octanol–water partition coefficient (Wildman–Crippen LogP) is 2.96. The molecule has 1 aromatic heterocycles. The molecule has 0 spiro atoms. The minimum Gasteiger partial charge on any atom is -0.399 e. The number of nitrogens with one attached hydrogen (secondary N) is 1. The van der Waals surface area contributed by atoms with Crippen LogP contribution in [0.2, 0.25) is 0 Å². The Morgan fingerprint density at radius 3 is 2.67 bits per heavy atom. The van der Waals surface area contributed by atoms with Crippen LogP contribution >= 0.6 is 0 Å². The number of aromatic nitrogens is 1. The topological polar surface area (TPSA) is 71.2 Å². The summed E-state index contributed by atoms with van der Waals surface area (Å²) < 4.78 is 0. The first kappa shape index (κ1) is 13.4. The van der Waals surface area contributed by atoms with E-state index in [1.807, 2.05) is 54.6 Å². The van der Waals surface area contributed by atoms with Crippen LogP contribution in [0, 0.1) is 0 Å². The number of nitrogen functional groups attached to an aromatic ring is 1. The zero-order valence-corrected chi connectivity index (χ0v) is 11.5. The standard InChI is InChI=1S/C17H17N3O/c18-13-6-7-14-15(8-9-19-16(14)10-13)20-17(11-21)12-4-2-1-3-5-12/h1-10,17,21H,11,18H2,(H,19,20). The average Bonchev–Trinajstić information content (AvgIpc) is 2.53. The molecule has 0 bridgehead atoms. The lowest BCUT2D eigenvalue weighted by atomic mass is 10.1. The summed E-state index contributed by atoms with van der Waals surface area (Å²) in [6, 6.07) is 17.3. The summed E-state index contributed by atoms with van der Waals surface area (Å²) in [7, 11) is 0. The molecule has 0 fully saturated rings. The number of benzene rings is 2. The van der Waals surface area contributed by atoms with Gasteiger partial charge in [-0.25, -0.2) is 0 Å². The van der Waals surface area contributed by atoms with Crippen LogP contribution in [0.4, 0.5) is 11.4 Å². The molecule has 0 saturated heterocycles. The van der Waals surface area contributed by atoms with Crippen molar-refractivity contribution in [2.75, 3.05) is 17.7 Å². The van der Waals surface area contributed by atoms with Crippen LogP contribution < -0.4 is 11.1 Å². The third kappa shape index (κ3) is 2.80. The van der Waals surface area contributed by atoms with Gasteiger partial charge in [-0.05, 0) is 29.8 Å². The van der Waals surface area contributed by atoms with Gasteiger partial charge in [0.05, 0.1) is 18.2 Å². The fraction of sp³-hybridized carbons (Fsp3) is 0.118. The zero-order valence-electron chi connectivity index (χ0n) is 11.5. The van der Waals surface area contributed by atoms with E-state index in [0.29, 0.717) is 5.69 Å². The largest absolute Gasteiger partial charge is 0.399 e. The highest BCUT2D eigenvalue weighted by Gasteiger charge is 2.11. The monoisotopic (exact) mass is 279 g/mol. The first-order valence-electron chi connectivity index (χ1n) is 6.84. The van der Waals surface area contributed by atoms with Crippen molar-refractivity contribution in [2.24, 2.45) is 0 Å². The van der Waals surface area contributed by atoms with Gasteiger partial charge in [0, 0.05) is 23.0 Å². The Kier molecular flexibility index (Phi) is 3.71. The van der Waals surface area contributed by atoms with Gasteiger partial charge in [0.25, 0.3) is 0 Å². The number of aliphatic hydroxyl groups is 1. The van der Waals surface area contributed by atoms with E-state index in [4.69, 9.17) is 5.73 Å². The molecule has 106 valence electrons. The Morgan fingerprint density at radius 2 is 1.90 bits per heavy atom. The van der Waals surface area contributed by atoms with Gasteiger partial charge in [0.1, 0.15) is 0 Å². The summed E-state index contributed by atoms with van der Waals surface area (Å²) in [4.78, 5) is 4.33. The first-order chi connectivity index (χ1) is 10.3. The van der Waals surface area contributed by atoms with Gasteiger partial charge in [-0.3, -0.25) is 4.98 Å². The van der Waals surface area contributed by atoms with Crippen LogP contribution in [0.5, 0.6) is 0 Å². The molecule has 1 heterocycles. The maximum absolute atomic E-state index is 9.66. The highest BCUT2D eigenvalue weighted by atomic mass is 16.3. The number of aliphatic hydroxyl groups excluding tert-OH is 1. The third-order valence-electron chi connectivity index (χ3n) is 3.48. The first-order valence-corrected chi connectivity index (χ1v) is 6.84. The molecule has 0 aliphatic rings. The van der Waals surface area contributed by atoms with E-state index in [0.717, 1.165) is 22.2 Å².